The highest BCUT2D eigenvalue weighted by Gasteiger charge is 2.27. The molecule has 1 aliphatic rings. The second kappa shape index (κ2) is 5.27. The Bertz CT molecular complexity index is 515. The van der Waals surface area contributed by atoms with Crippen molar-refractivity contribution in [3.8, 4) is 0 Å². The molecule has 1 heterocycles. The summed E-state index contributed by atoms with van der Waals surface area (Å²) in [6.45, 7) is 0.120. The molecule has 1 amide bonds. The maximum atomic E-state index is 11.8. The molecular weight excluding hydrogens is 248 g/mol. The second-order valence-electron chi connectivity index (χ2n) is 4.51. The lowest BCUT2D eigenvalue weighted by atomic mass is 10.1. The molecule has 0 aliphatic carbocycles. The van der Waals surface area contributed by atoms with Crippen LogP contribution in [0.15, 0.2) is 18.2 Å². The molecule has 19 heavy (non-hydrogen) atoms. The zero-order valence-corrected chi connectivity index (χ0v) is 10.7. The summed E-state index contributed by atoms with van der Waals surface area (Å²) in [6.07, 6.45) is 0.296. The first kappa shape index (κ1) is 13.4. The highest BCUT2D eigenvalue weighted by atomic mass is 16.4. The van der Waals surface area contributed by atoms with Gasteiger partial charge in [-0.25, -0.2) is 0 Å². The number of fused-ring (bicyclic) bond motifs is 1. The molecule has 0 radical (unpaired) electrons. The van der Waals surface area contributed by atoms with Crippen LogP contribution in [0.4, 0.5) is 11.4 Å². The van der Waals surface area contributed by atoms with E-state index in [9.17, 15) is 9.59 Å². The van der Waals surface area contributed by atoms with Crippen LogP contribution in [-0.2, 0) is 16.0 Å². The Morgan fingerprint density at radius 1 is 1.47 bits per heavy atom. The molecule has 1 aromatic rings. The van der Waals surface area contributed by atoms with Crippen LogP contribution < -0.4 is 9.80 Å². The lowest BCUT2D eigenvalue weighted by Gasteiger charge is -2.19. The maximum Gasteiger partial charge on any atom is 0.323 e. The standard InChI is InChI=1S/C13H16N2O4/c1-14(8-13(18)19)10-2-3-11-9(6-10)7-12(17)15(11)4-5-16/h2-3,6,16H,4-5,7-8H2,1H3,(H,18,19). The summed E-state index contributed by atoms with van der Waals surface area (Å²) >= 11 is 0. The van der Waals surface area contributed by atoms with Gasteiger partial charge in [-0.15, -0.1) is 0 Å². The molecule has 1 aromatic carbocycles. The van der Waals surface area contributed by atoms with Gasteiger partial charge in [-0.05, 0) is 23.8 Å². The number of likely N-dealkylation sites (N-methyl/N-ethyl adjacent to an activating group) is 1. The van der Waals surface area contributed by atoms with Gasteiger partial charge in [0.25, 0.3) is 0 Å². The SMILES string of the molecule is CN(CC(=O)O)c1ccc2c(c1)CC(=O)N2CCO. The molecule has 0 aromatic heterocycles. The summed E-state index contributed by atoms with van der Waals surface area (Å²) < 4.78 is 0. The zero-order chi connectivity index (χ0) is 14.0. The van der Waals surface area contributed by atoms with Crippen LogP contribution >= 0.6 is 0 Å². The Hall–Kier alpha value is -2.08. The summed E-state index contributed by atoms with van der Waals surface area (Å²) in [5, 5.41) is 17.7. The van der Waals surface area contributed by atoms with Gasteiger partial charge in [0.1, 0.15) is 6.54 Å². The Balaban J connectivity index is 2.24. The number of aliphatic hydroxyl groups excluding tert-OH is 1. The molecule has 0 spiro atoms. The van der Waals surface area contributed by atoms with Crippen molar-refractivity contribution in [2.75, 3.05) is 36.5 Å². The van der Waals surface area contributed by atoms with Crippen molar-refractivity contribution in [1.82, 2.24) is 0 Å². The second-order valence-corrected chi connectivity index (χ2v) is 4.51. The fraction of sp³-hybridized carbons (Fsp3) is 0.385. The average Bonchev–Trinajstić information content (AvgIpc) is 2.65. The Labute approximate surface area is 110 Å². The number of benzene rings is 1. The summed E-state index contributed by atoms with van der Waals surface area (Å²) in [4.78, 5) is 25.6. The summed E-state index contributed by atoms with van der Waals surface area (Å²) in [5.41, 5.74) is 2.43. The number of hydrogen-bond acceptors (Lipinski definition) is 4. The van der Waals surface area contributed by atoms with Crippen molar-refractivity contribution in [3.63, 3.8) is 0 Å². The number of rotatable bonds is 5. The summed E-state index contributed by atoms with van der Waals surface area (Å²) in [6, 6.07) is 5.40. The largest absolute Gasteiger partial charge is 0.480 e. The molecule has 1 aliphatic heterocycles. The van der Waals surface area contributed by atoms with E-state index in [0.717, 1.165) is 16.9 Å². The van der Waals surface area contributed by atoms with Crippen molar-refractivity contribution >= 4 is 23.3 Å². The quantitative estimate of drug-likeness (QED) is 0.787. The minimum Gasteiger partial charge on any atom is -0.480 e. The van der Waals surface area contributed by atoms with Gasteiger partial charge in [-0.1, -0.05) is 0 Å². The number of β-amino-alcohol motifs (C(OH)–C–C–N with tert-alkyl or cyclic N) is 1. The first-order valence-electron chi connectivity index (χ1n) is 6.00. The van der Waals surface area contributed by atoms with Crippen molar-refractivity contribution in [1.29, 1.82) is 0 Å². The minimum atomic E-state index is -0.902. The Morgan fingerprint density at radius 2 is 2.21 bits per heavy atom. The van der Waals surface area contributed by atoms with Crippen molar-refractivity contribution < 1.29 is 19.8 Å². The van der Waals surface area contributed by atoms with Gasteiger partial charge >= 0.3 is 5.97 Å². The third-order valence-electron chi connectivity index (χ3n) is 3.13. The molecule has 102 valence electrons. The number of carboxylic acids is 1. The molecule has 6 heteroatoms. The first-order chi connectivity index (χ1) is 9.02. The Morgan fingerprint density at radius 3 is 2.84 bits per heavy atom. The highest BCUT2D eigenvalue weighted by molar-refractivity contribution is 6.01. The molecule has 0 saturated heterocycles. The van der Waals surface area contributed by atoms with Crippen LogP contribution in [0.3, 0.4) is 0 Å². The molecule has 2 N–H and O–H groups in total. The van der Waals surface area contributed by atoms with E-state index in [2.05, 4.69) is 0 Å². The van der Waals surface area contributed by atoms with E-state index in [-0.39, 0.29) is 25.6 Å². The number of amides is 1. The predicted molar refractivity (Wildman–Crippen MR) is 70.5 cm³/mol. The average molecular weight is 264 g/mol. The zero-order valence-electron chi connectivity index (χ0n) is 10.7. The molecular formula is C13H16N2O4. The van der Waals surface area contributed by atoms with E-state index in [1.807, 2.05) is 6.07 Å². The normalized spacial score (nSPS) is 13.6. The van der Waals surface area contributed by atoms with E-state index in [0.29, 0.717) is 6.42 Å². The van der Waals surface area contributed by atoms with E-state index in [4.69, 9.17) is 10.2 Å². The third-order valence-corrected chi connectivity index (χ3v) is 3.13. The van der Waals surface area contributed by atoms with Crippen molar-refractivity contribution in [2.45, 2.75) is 6.42 Å². The number of aliphatic carboxylic acids is 1. The van der Waals surface area contributed by atoms with E-state index in [1.165, 1.54) is 0 Å². The first-order valence-corrected chi connectivity index (χ1v) is 6.00. The van der Waals surface area contributed by atoms with Crippen LogP contribution in [0.5, 0.6) is 0 Å². The number of anilines is 2. The van der Waals surface area contributed by atoms with Gasteiger partial charge in [-0.2, -0.15) is 0 Å². The monoisotopic (exact) mass is 264 g/mol. The van der Waals surface area contributed by atoms with Crippen molar-refractivity contribution in [3.05, 3.63) is 23.8 Å². The van der Waals surface area contributed by atoms with Gasteiger partial charge in [0.05, 0.1) is 13.0 Å². The number of carbonyl (C=O) groups excluding carboxylic acids is 1. The third kappa shape index (κ3) is 2.68. The smallest absolute Gasteiger partial charge is 0.323 e. The van der Waals surface area contributed by atoms with Gasteiger partial charge in [0.15, 0.2) is 0 Å². The molecule has 2 rings (SSSR count). The highest BCUT2D eigenvalue weighted by Crippen LogP contribution is 2.31. The van der Waals surface area contributed by atoms with E-state index >= 15 is 0 Å². The maximum absolute atomic E-state index is 11.8. The van der Waals surface area contributed by atoms with Gasteiger partial charge in [0.2, 0.25) is 5.91 Å². The molecule has 0 atom stereocenters. The van der Waals surface area contributed by atoms with Crippen LogP contribution in [0, 0.1) is 0 Å². The van der Waals surface area contributed by atoms with Gasteiger partial charge in [0, 0.05) is 25.0 Å². The molecule has 0 fully saturated rings. The van der Waals surface area contributed by atoms with Gasteiger partial charge in [-0.3, -0.25) is 9.59 Å². The number of carboxylic acid groups (broad SMARTS) is 1. The number of nitrogens with zero attached hydrogens (tertiary/aromatic N) is 2. The topological polar surface area (TPSA) is 81.1 Å². The fourth-order valence-electron chi connectivity index (χ4n) is 2.25. The molecule has 0 unspecified atom stereocenters. The number of aliphatic hydroxyl groups is 1. The minimum absolute atomic E-state index is 0.0397. The lowest BCUT2D eigenvalue weighted by Crippen LogP contribution is -2.29. The van der Waals surface area contributed by atoms with Crippen LogP contribution in [-0.4, -0.2) is 48.8 Å². The van der Waals surface area contributed by atoms with Crippen LogP contribution in [0.25, 0.3) is 0 Å². The molecule has 0 saturated carbocycles. The number of hydrogen-bond donors (Lipinski definition) is 2. The summed E-state index contributed by atoms with van der Waals surface area (Å²) in [7, 11) is 1.69. The Kier molecular flexibility index (Phi) is 3.71. The van der Waals surface area contributed by atoms with E-state index < -0.39 is 5.97 Å². The van der Waals surface area contributed by atoms with Crippen molar-refractivity contribution in [2.24, 2.45) is 0 Å². The lowest BCUT2D eigenvalue weighted by molar-refractivity contribution is -0.135. The molecule has 6 nitrogen and oxygen atoms in total. The predicted octanol–water partition coefficient (Wildman–Crippen LogP) is 0.0888. The molecule has 0 bridgehead atoms. The summed E-state index contributed by atoms with van der Waals surface area (Å²) in [5.74, 6) is -0.942. The van der Waals surface area contributed by atoms with Crippen LogP contribution in [0.1, 0.15) is 5.56 Å². The number of carbonyl (C=O) groups is 2. The van der Waals surface area contributed by atoms with Crippen LogP contribution in [0.2, 0.25) is 0 Å². The van der Waals surface area contributed by atoms with E-state index in [1.54, 1.807) is 29.0 Å². The fourth-order valence-corrected chi connectivity index (χ4v) is 2.25. The van der Waals surface area contributed by atoms with Gasteiger partial charge < -0.3 is 20.0 Å².